The van der Waals surface area contributed by atoms with Gasteiger partial charge in [0.25, 0.3) is 0 Å². The molecule has 13 heavy (non-hydrogen) atoms. The zero-order chi connectivity index (χ0) is 9.14. The largest absolute Gasteiger partial charge is 0.387 e. The van der Waals surface area contributed by atoms with E-state index in [2.05, 4.69) is 15.9 Å². The SMILES string of the molecule is Cl.N=C(N)Cc1ccc(Cl)cc1Br. The third-order valence-electron chi connectivity index (χ3n) is 1.40. The second-order valence-electron chi connectivity index (χ2n) is 2.44. The molecule has 5 heteroatoms. The van der Waals surface area contributed by atoms with Crippen LogP contribution in [0.3, 0.4) is 0 Å². The first kappa shape index (κ1) is 12.8. The van der Waals surface area contributed by atoms with Crippen LogP contribution in [-0.2, 0) is 6.42 Å². The summed E-state index contributed by atoms with van der Waals surface area (Å²) in [6.45, 7) is 0. The summed E-state index contributed by atoms with van der Waals surface area (Å²) in [6.07, 6.45) is 0.456. The lowest BCUT2D eigenvalue weighted by Crippen LogP contribution is -2.12. The van der Waals surface area contributed by atoms with Crippen LogP contribution in [0.2, 0.25) is 5.02 Å². The van der Waals surface area contributed by atoms with Gasteiger partial charge in [-0.05, 0) is 17.7 Å². The molecule has 1 aromatic rings. The van der Waals surface area contributed by atoms with Crippen LogP contribution in [0.15, 0.2) is 22.7 Å². The van der Waals surface area contributed by atoms with Gasteiger partial charge in [0.15, 0.2) is 0 Å². The van der Waals surface area contributed by atoms with Crippen molar-refractivity contribution in [3.05, 3.63) is 33.3 Å². The molecule has 0 aliphatic rings. The van der Waals surface area contributed by atoms with Crippen LogP contribution in [0.4, 0.5) is 0 Å². The fourth-order valence-corrected chi connectivity index (χ4v) is 1.69. The summed E-state index contributed by atoms with van der Waals surface area (Å²) in [4.78, 5) is 0. The van der Waals surface area contributed by atoms with Gasteiger partial charge in [0.05, 0.1) is 5.84 Å². The van der Waals surface area contributed by atoms with Gasteiger partial charge in [-0.3, -0.25) is 5.41 Å². The van der Waals surface area contributed by atoms with Gasteiger partial charge in [-0.2, -0.15) is 0 Å². The molecule has 0 aliphatic carbocycles. The Bertz CT molecular complexity index is 315. The molecule has 72 valence electrons. The molecule has 0 unspecified atom stereocenters. The van der Waals surface area contributed by atoms with E-state index in [4.69, 9.17) is 22.7 Å². The Morgan fingerprint density at radius 1 is 1.54 bits per heavy atom. The Kier molecular flexibility index (Phi) is 5.37. The summed E-state index contributed by atoms with van der Waals surface area (Å²) in [7, 11) is 0. The molecule has 0 fully saturated rings. The van der Waals surface area contributed by atoms with Gasteiger partial charge in [-0.25, -0.2) is 0 Å². The zero-order valence-corrected chi connectivity index (χ0v) is 9.84. The maximum Gasteiger partial charge on any atom is 0.0950 e. The molecule has 3 N–H and O–H groups in total. The highest BCUT2D eigenvalue weighted by Crippen LogP contribution is 2.21. The number of benzene rings is 1. The summed E-state index contributed by atoms with van der Waals surface area (Å²) >= 11 is 9.08. The molecule has 0 atom stereocenters. The Morgan fingerprint density at radius 3 is 2.62 bits per heavy atom. The number of nitrogens with two attached hydrogens (primary N) is 1. The normalized spacial score (nSPS) is 9.08. The van der Waals surface area contributed by atoms with Crippen molar-refractivity contribution in [2.75, 3.05) is 0 Å². The second-order valence-corrected chi connectivity index (χ2v) is 3.73. The van der Waals surface area contributed by atoms with Crippen LogP contribution < -0.4 is 5.73 Å². The summed E-state index contributed by atoms with van der Waals surface area (Å²) in [5, 5.41) is 7.78. The van der Waals surface area contributed by atoms with Crippen molar-refractivity contribution in [1.29, 1.82) is 5.41 Å². The lowest BCUT2D eigenvalue weighted by atomic mass is 10.1. The van der Waals surface area contributed by atoms with Gasteiger partial charge in [-0.15, -0.1) is 12.4 Å². The number of hydrogen-bond donors (Lipinski definition) is 2. The number of halogens is 3. The van der Waals surface area contributed by atoms with Crippen molar-refractivity contribution >= 4 is 45.8 Å². The number of amidine groups is 1. The standard InChI is InChI=1S/C8H8BrClN2.ClH/c9-7-4-6(10)2-1-5(7)3-8(11)12;/h1-2,4H,3H2,(H3,11,12);1H. The van der Waals surface area contributed by atoms with Gasteiger partial charge in [0, 0.05) is 15.9 Å². The van der Waals surface area contributed by atoms with Crippen LogP contribution in [0.5, 0.6) is 0 Å². The third-order valence-corrected chi connectivity index (χ3v) is 2.37. The maximum absolute atomic E-state index is 7.11. The minimum atomic E-state index is 0. The summed E-state index contributed by atoms with van der Waals surface area (Å²) in [5.41, 5.74) is 6.24. The van der Waals surface area contributed by atoms with Crippen molar-refractivity contribution in [1.82, 2.24) is 0 Å². The average molecular weight is 284 g/mol. The average Bonchev–Trinajstić information content (AvgIpc) is 1.94. The van der Waals surface area contributed by atoms with Crippen molar-refractivity contribution in [3.8, 4) is 0 Å². The fourth-order valence-electron chi connectivity index (χ4n) is 0.870. The summed E-state index contributed by atoms with van der Waals surface area (Å²) < 4.78 is 0.894. The Labute approximate surface area is 96.5 Å². The van der Waals surface area contributed by atoms with E-state index in [0.29, 0.717) is 11.4 Å². The molecule has 1 aromatic carbocycles. The first-order valence-electron chi connectivity index (χ1n) is 3.36. The third kappa shape index (κ3) is 3.98. The smallest absolute Gasteiger partial charge is 0.0950 e. The lowest BCUT2D eigenvalue weighted by Gasteiger charge is -2.02. The van der Waals surface area contributed by atoms with Crippen LogP contribution in [0.25, 0.3) is 0 Å². The number of hydrogen-bond acceptors (Lipinski definition) is 1. The molecule has 0 spiro atoms. The fraction of sp³-hybridized carbons (Fsp3) is 0.125. The molecular weight excluding hydrogens is 275 g/mol. The lowest BCUT2D eigenvalue weighted by molar-refractivity contribution is 1.23. The molecule has 0 aliphatic heterocycles. The van der Waals surface area contributed by atoms with E-state index < -0.39 is 0 Å². The molecule has 0 aromatic heterocycles. The minimum absolute atomic E-state index is 0. The van der Waals surface area contributed by atoms with Gasteiger partial charge >= 0.3 is 0 Å². The van der Waals surface area contributed by atoms with Gasteiger partial charge < -0.3 is 5.73 Å². The van der Waals surface area contributed by atoms with Crippen LogP contribution in [0.1, 0.15) is 5.56 Å². The van der Waals surface area contributed by atoms with Gasteiger partial charge in [-0.1, -0.05) is 33.6 Å². The predicted octanol–water partition coefficient (Wildman–Crippen LogP) is 3.00. The van der Waals surface area contributed by atoms with E-state index in [-0.39, 0.29) is 18.2 Å². The molecule has 1 rings (SSSR count). The first-order valence-corrected chi connectivity index (χ1v) is 4.53. The highest BCUT2D eigenvalue weighted by molar-refractivity contribution is 9.10. The van der Waals surface area contributed by atoms with Crippen LogP contribution >= 0.6 is 39.9 Å². The van der Waals surface area contributed by atoms with Crippen molar-refractivity contribution in [2.45, 2.75) is 6.42 Å². The molecule has 0 amide bonds. The van der Waals surface area contributed by atoms with E-state index >= 15 is 0 Å². The van der Waals surface area contributed by atoms with Crippen molar-refractivity contribution in [2.24, 2.45) is 5.73 Å². The van der Waals surface area contributed by atoms with Crippen molar-refractivity contribution in [3.63, 3.8) is 0 Å². The Balaban J connectivity index is 0.00000144. The first-order chi connectivity index (χ1) is 5.59. The molecule has 2 nitrogen and oxygen atoms in total. The minimum Gasteiger partial charge on any atom is -0.387 e. The van der Waals surface area contributed by atoms with Crippen LogP contribution in [0, 0.1) is 5.41 Å². The monoisotopic (exact) mass is 282 g/mol. The van der Waals surface area contributed by atoms with E-state index in [1.165, 1.54) is 0 Å². The number of nitrogens with one attached hydrogen (secondary N) is 1. The molecule has 0 saturated heterocycles. The maximum atomic E-state index is 7.11. The second kappa shape index (κ2) is 5.47. The Morgan fingerprint density at radius 2 is 2.15 bits per heavy atom. The van der Waals surface area contributed by atoms with Gasteiger partial charge in [0.2, 0.25) is 0 Å². The molecule has 0 radical (unpaired) electrons. The molecular formula is C8H9BrCl2N2. The summed E-state index contributed by atoms with van der Waals surface area (Å²) in [5.74, 6) is 0.151. The zero-order valence-electron chi connectivity index (χ0n) is 6.68. The topological polar surface area (TPSA) is 49.9 Å². The highest BCUT2D eigenvalue weighted by atomic mass is 79.9. The summed E-state index contributed by atoms with van der Waals surface area (Å²) in [6, 6.07) is 5.43. The predicted molar refractivity (Wildman–Crippen MR) is 62.0 cm³/mol. The van der Waals surface area contributed by atoms with E-state index in [0.717, 1.165) is 10.0 Å². The van der Waals surface area contributed by atoms with E-state index in [9.17, 15) is 0 Å². The number of rotatable bonds is 2. The molecule has 0 heterocycles. The van der Waals surface area contributed by atoms with Crippen molar-refractivity contribution < 1.29 is 0 Å². The Hall–Kier alpha value is -0.250. The quantitative estimate of drug-likeness (QED) is 0.636. The van der Waals surface area contributed by atoms with E-state index in [1.54, 1.807) is 12.1 Å². The molecule has 0 bridgehead atoms. The highest BCUT2D eigenvalue weighted by Gasteiger charge is 2.01. The van der Waals surface area contributed by atoms with E-state index in [1.807, 2.05) is 6.07 Å². The van der Waals surface area contributed by atoms with Gasteiger partial charge in [0.1, 0.15) is 0 Å². The van der Waals surface area contributed by atoms with Crippen LogP contribution in [-0.4, -0.2) is 5.84 Å². The molecule has 0 saturated carbocycles.